The van der Waals surface area contributed by atoms with E-state index < -0.39 is 12.1 Å². The number of aromatic nitrogens is 2. The Morgan fingerprint density at radius 1 is 1.21 bits per heavy atom. The number of fused-ring (bicyclic) bond motifs is 1. The first kappa shape index (κ1) is 21.7. The van der Waals surface area contributed by atoms with Crippen molar-refractivity contribution in [3.8, 4) is 11.4 Å². The highest BCUT2D eigenvalue weighted by Gasteiger charge is 2.41. The van der Waals surface area contributed by atoms with Gasteiger partial charge in [0.1, 0.15) is 0 Å². The summed E-state index contributed by atoms with van der Waals surface area (Å²) in [6, 6.07) is 4.72. The molecule has 3 aliphatic rings. The van der Waals surface area contributed by atoms with Crippen molar-refractivity contribution in [1.29, 1.82) is 0 Å². The van der Waals surface area contributed by atoms with E-state index in [0.29, 0.717) is 18.2 Å². The summed E-state index contributed by atoms with van der Waals surface area (Å²) in [5, 5.41) is 6.53. The third kappa shape index (κ3) is 4.16. The standard InChI is InChI=1S/C22H24F3N5O3/c1-29(14-8-9-14)21(32)26-16-4-2-3-5-17(16)30-11-13-7-6-12(10-15(13)19(30)31)18-27-20(33-28-18)22(23,24)25/h6-7,10,14,16-17H,2-5,8-9,11H2,1H3,(H,26,32)/t16-,17-/m1/s1. The second-order valence-electron chi connectivity index (χ2n) is 8.98. The van der Waals surface area contributed by atoms with Crippen LogP contribution in [0.5, 0.6) is 0 Å². The summed E-state index contributed by atoms with van der Waals surface area (Å²) in [5.74, 6) is -1.85. The number of nitrogens with one attached hydrogen (secondary N) is 1. The fourth-order valence-electron chi connectivity index (χ4n) is 4.73. The molecule has 11 heteroatoms. The molecule has 176 valence electrons. The Morgan fingerprint density at radius 2 is 1.97 bits per heavy atom. The van der Waals surface area contributed by atoms with Gasteiger partial charge in [0.05, 0.1) is 12.1 Å². The summed E-state index contributed by atoms with van der Waals surface area (Å²) in [5.41, 5.74) is 1.48. The normalized spacial score (nSPS) is 22.9. The van der Waals surface area contributed by atoms with Crippen LogP contribution < -0.4 is 5.32 Å². The number of rotatable bonds is 4. The lowest BCUT2D eigenvalue weighted by atomic mass is 9.89. The molecule has 2 saturated carbocycles. The molecule has 0 bridgehead atoms. The zero-order valence-electron chi connectivity index (χ0n) is 18.1. The summed E-state index contributed by atoms with van der Waals surface area (Å²) in [4.78, 5) is 32.8. The molecular formula is C22H24F3N5O3. The van der Waals surface area contributed by atoms with Crippen LogP contribution in [-0.2, 0) is 12.7 Å². The number of benzene rings is 1. The molecule has 0 unspecified atom stereocenters. The van der Waals surface area contributed by atoms with Gasteiger partial charge >= 0.3 is 18.1 Å². The Labute approximate surface area is 188 Å². The summed E-state index contributed by atoms with van der Waals surface area (Å²) >= 11 is 0. The Hall–Kier alpha value is -3.11. The highest BCUT2D eigenvalue weighted by atomic mass is 19.4. The predicted molar refractivity (Wildman–Crippen MR) is 110 cm³/mol. The number of carbonyl (C=O) groups is 2. The molecule has 2 atom stereocenters. The fraction of sp³-hybridized carbons (Fsp3) is 0.545. The van der Waals surface area contributed by atoms with Crippen LogP contribution in [-0.4, -0.2) is 57.1 Å². The molecule has 3 amide bonds. The molecule has 1 aromatic heterocycles. The molecule has 2 heterocycles. The maximum atomic E-state index is 13.3. The van der Waals surface area contributed by atoms with Gasteiger partial charge in [0.15, 0.2) is 0 Å². The van der Waals surface area contributed by atoms with Gasteiger partial charge in [-0.15, -0.1) is 0 Å². The van der Waals surface area contributed by atoms with E-state index in [2.05, 4.69) is 20.0 Å². The number of urea groups is 1. The highest BCUT2D eigenvalue weighted by molar-refractivity contribution is 5.99. The molecule has 0 radical (unpaired) electrons. The Balaban J connectivity index is 1.34. The van der Waals surface area contributed by atoms with Crippen LogP contribution in [0.2, 0.25) is 0 Å². The largest absolute Gasteiger partial charge is 0.471 e. The van der Waals surface area contributed by atoms with Gasteiger partial charge in [0.2, 0.25) is 5.82 Å². The van der Waals surface area contributed by atoms with Crippen LogP contribution >= 0.6 is 0 Å². The summed E-state index contributed by atoms with van der Waals surface area (Å²) in [7, 11) is 1.80. The smallest absolute Gasteiger partial charge is 0.333 e. The van der Waals surface area contributed by atoms with Gasteiger partial charge in [-0.2, -0.15) is 18.2 Å². The first-order valence-corrected chi connectivity index (χ1v) is 11.1. The van der Waals surface area contributed by atoms with E-state index in [9.17, 15) is 22.8 Å². The van der Waals surface area contributed by atoms with Gasteiger partial charge in [-0.05, 0) is 37.3 Å². The van der Waals surface area contributed by atoms with Crippen LogP contribution in [0.4, 0.5) is 18.0 Å². The first-order chi connectivity index (χ1) is 15.7. The lowest BCUT2D eigenvalue weighted by molar-refractivity contribution is -0.159. The van der Waals surface area contributed by atoms with Gasteiger partial charge in [0.25, 0.3) is 5.91 Å². The lowest BCUT2D eigenvalue weighted by Crippen LogP contribution is -2.55. The van der Waals surface area contributed by atoms with E-state index in [1.165, 1.54) is 6.07 Å². The van der Waals surface area contributed by atoms with Gasteiger partial charge in [-0.25, -0.2) is 4.79 Å². The zero-order chi connectivity index (χ0) is 23.3. The maximum absolute atomic E-state index is 13.3. The van der Waals surface area contributed by atoms with Crippen LogP contribution in [0, 0.1) is 0 Å². The number of alkyl halides is 3. The lowest BCUT2D eigenvalue weighted by Gasteiger charge is -2.39. The number of halogens is 3. The van der Waals surface area contributed by atoms with Gasteiger partial charge in [-0.1, -0.05) is 30.1 Å². The molecule has 2 aliphatic carbocycles. The molecule has 1 aromatic carbocycles. The van der Waals surface area contributed by atoms with E-state index in [1.807, 2.05) is 0 Å². The van der Waals surface area contributed by atoms with Crippen molar-refractivity contribution in [2.24, 2.45) is 0 Å². The average molecular weight is 463 g/mol. The van der Waals surface area contributed by atoms with Crippen molar-refractivity contribution in [1.82, 2.24) is 25.3 Å². The average Bonchev–Trinajstić information content (AvgIpc) is 3.41. The minimum Gasteiger partial charge on any atom is -0.333 e. The van der Waals surface area contributed by atoms with E-state index in [1.54, 1.807) is 29.0 Å². The maximum Gasteiger partial charge on any atom is 0.471 e. The van der Waals surface area contributed by atoms with Crippen LogP contribution in [0.1, 0.15) is 60.3 Å². The van der Waals surface area contributed by atoms with E-state index in [0.717, 1.165) is 44.1 Å². The van der Waals surface area contributed by atoms with Gasteiger partial charge in [0, 0.05) is 30.8 Å². The molecule has 2 fully saturated rings. The molecule has 1 N–H and O–H groups in total. The zero-order valence-corrected chi connectivity index (χ0v) is 18.1. The minimum absolute atomic E-state index is 0.113. The van der Waals surface area contributed by atoms with Crippen molar-refractivity contribution < 1.29 is 27.3 Å². The number of hydrogen-bond donors (Lipinski definition) is 1. The molecule has 2 aromatic rings. The van der Waals surface area contributed by atoms with E-state index in [4.69, 9.17) is 0 Å². The number of amides is 3. The summed E-state index contributed by atoms with van der Waals surface area (Å²) in [6.07, 6.45) is 0.823. The van der Waals surface area contributed by atoms with E-state index >= 15 is 0 Å². The minimum atomic E-state index is -4.73. The SMILES string of the molecule is CN(C(=O)N[C@@H]1CCCC[C@H]1N1Cc2ccc(-c3noc(C(F)(F)F)n3)cc2C1=O)C1CC1. The second-order valence-corrected chi connectivity index (χ2v) is 8.98. The topological polar surface area (TPSA) is 91.6 Å². The Morgan fingerprint density at radius 3 is 2.67 bits per heavy atom. The van der Waals surface area contributed by atoms with E-state index in [-0.39, 0.29) is 35.4 Å². The van der Waals surface area contributed by atoms with Crippen molar-refractivity contribution in [2.45, 2.75) is 69.4 Å². The number of hydrogen-bond acceptors (Lipinski definition) is 5. The molecule has 5 rings (SSSR count). The molecule has 0 spiro atoms. The van der Waals surface area contributed by atoms with Crippen molar-refractivity contribution in [3.05, 3.63) is 35.2 Å². The molecule has 8 nitrogen and oxygen atoms in total. The Kier molecular flexibility index (Phi) is 5.29. The number of nitrogens with zero attached hydrogens (tertiary/aromatic N) is 4. The van der Waals surface area contributed by atoms with Crippen molar-refractivity contribution in [2.75, 3.05) is 7.05 Å². The monoisotopic (exact) mass is 463 g/mol. The predicted octanol–water partition coefficient (Wildman–Crippen LogP) is 3.83. The van der Waals surface area contributed by atoms with Crippen LogP contribution in [0.15, 0.2) is 22.7 Å². The fourth-order valence-corrected chi connectivity index (χ4v) is 4.73. The summed E-state index contributed by atoms with van der Waals surface area (Å²) < 4.78 is 42.7. The number of carbonyl (C=O) groups excluding carboxylic acids is 2. The first-order valence-electron chi connectivity index (χ1n) is 11.1. The van der Waals surface area contributed by atoms with Crippen molar-refractivity contribution >= 4 is 11.9 Å². The third-order valence-corrected chi connectivity index (χ3v) is 6.72. The molecular weight excluding hydrogens is 439 g/mol. The van der Waals surface area contributed by atoms with Crippen LogP contribution in [0.3, 0.4) is 0 Å². The second kappa shape index (κ2) is 8.03. The highest BCUT2D eigenvalue weighted by Crippen LogP contribution is 2.34. The molecule has 1 aliphatic heterocycles. The van der Waals surface area contributed by atoms with Gasteiger partial charge in [-0.3, -0.25) is 4.79 Å². The quantitative estimate of drug-likeness (QED) is 0.744. The third-order valence-electron chi connectivity index (χ3n) is 6.72. The van der Waals surface area contributed by atoms with Crippen molar-refractivity contribution in [3.63, 3.8) is 0 Å². The Bertz CT molecular complexity index is 1080. The summed E-state index contributed by atoms with van der Waals surface area (Å²) in [6.45, 7) is 0.393. The van der Waals surface area contributed by atoms with Crippen LogP contribution in [0.25, 0.3) is 11.4 Å². The van der Waals surface area contributed by atoms with Gasteiger partial charge < -0.3 is 19.6 Å². The molecule has 0 saturated heterocycles. The molecule has 33 heavy (non-hydrogen) atoms.